The van der Waals surface area contributed by atoms with Crippen molar-refractivity contribution in [3.05, 3.63) is 35.4 Å². The van der Waals surface area contributed by atoms with E-state index in [0.717, 1.165) is 23.3 Å². The third kappa shape index (κ3) is 2.57. The molecule has 1 N–H and O–H groups in total. The van der Waals surface area contributed by atoms with Gasteiger partial charge < -0.3 is 10.1 Å². The third-order valence-corrected chi connectivity index (χ3v) is 7.55. The Kier molecular flexibility index (Phi) is 3.67. The molecule has 1 heterocycles. The molecule has 1 aromatic rings. The van der Waals surface area contributed by atoms with Crippen molar-refractivity contribution in [1.29, 1.82) is 0 Å². The summed E-state index contributed by atoms with van der Waals surface area (Å²) in [7, 11) is 0. The Morgan fingerprint density at radius 3 is 2.38 bits per heavy atom. The van der Waals surface area contributed by atoms with Gasteiger partial charge in [-0.1, -0.05) is 18.2 Å². The van der Waals surface area contributed by atoms with Gasteiger partial charge in [-0.15, -0.1) is 0 Å². The second kappa shape index (κ2) is 5.83. The maximum Gasteiger partial charge on any atom is 0.339 e. The van der Waals surface area contributed by atoms with Crippen LogP contribution >= 0.6 is 0 Å². The third-order valence-electron chi connectivity index (χ3n) is 7.55. The van der Waals surface area contributed by atoms with E-state index in [0.29, 0.717) is 12.0 Å². The number of ether oxygens (including phenoxy) is 1. The minimum atomic E-state index is -0.700. The first-order valence-corrected chi connectivity index (χ1v) is 10.1. The number of fused-ring (bicyclic) bond motifs is 1. The fourth-order valence-corrected chi connectivity index (χ4v) is 6.65. The number of esters is 1. The lowest BCUT2D eigenvalue weighted by Crippen LogP contribution is -2.57. The summed E-state index contributed by atoms with van der Waals surface area (Å²) in [5.74, 6) is 2.07. The maximum absolute atomic E-state index is 12.9. The summed E-state index contributed by atoms with van der Waals surface area (Å²) < 4.78 is 5.44. The van der Waals surface area contributed by atoms with Gasteiger partial charge in [-0.2, -0.15) is 0 Å². The second-order valence-electron chi connectivity index (χ2n) is 9.27. The van der Waals surface area contributed by atoms with E-state index in [1.165, 1.54) is 38.5 Å². The highest BCUT2D eigenvalue weighted by Gasteiger charge is 2.53. The molecule has 4 saturated carbocycles. The van der Waals surface area contributed by atoms with E-state index in [-0.39, 0.29) is 23.3 Å². The molecule has 2 atom stereocenters. The molecule has 5 aliphatic rings. The lowest BCUT2D eigenvalue weighted by atomic mass is 9.48. The zero-order valence-corrected chi connectivity index (χ0v) is 15.4. The molecule has 138 valence electrons. The molecule has 0 unspecified atom stereocenters. The van der Waals surface area contributed by atoms with Crippen LogP contribution in [-0.2, 0) is 16.0 Å². The van der Waals surface area contributed by atoms with E-state index in [1.807, 2.05) is 18.2 Å². The van der Waals surface area contributed by atoms with Crippen LogP contribution < -0.4 is 5.32 Å². The highest BCUT2D eigenvalue weighted by Crippen LogP contribution is 2.61. The van der Waals surface area contributed by atoms with Crippen LogP contribution in [0.5, 0.6) is 0 Å². The van der Waals surface area contributed by atoms with Crippen molar-refractivity contribution < 1.29 is 14.3 Å². The molecule has 4 bridgehead atoms. The number of cyclic esters (lactones) is 1. The van der Waals surface area contributed by atoms with Gasteiger partial charge in [-0.05, 0) is 80.2 Å². The maximum atomic E-state index is 12.9. The Bertz CT molecular complexity index is 720. The molecule has 4 fully saturated rings. The van der Waals surface area contributed by atoms with Crippen LogP contribution in [0.2, 0.25) is 0 Å². The number of amides is 1. The molecular formula is C22H27NO3. The van der Waals surface area contributed by atoms with Gasteiger partial charge in [0.25, 0.3) is 5.91 Å². The van der Waals surface area contributed by atoms with Crippen LogP contribution in [0.25, 0.3) is 0 Å². The van der Waals surface area contributed by atoms with Crippen molar-refractivity contribution in [2.24, 2.45) is 23.2 Å². The number of nitrogens with one attached hydrogen (secondary N) is 1. The van der Waals surface area contributed by atoms with Gasteiger partial charge in [0.2, 0.25) is 0 Å². The summed E-state index contributed by atoms with van der Waals surface area (Å²) in [6.45, 7) is 2.17. The SMILES string of the molecule is C[C@@H](NC(=O)[C@H]1Cc2ccccc2C(=O)O1)C12CC3CC(CC(C3)C1)C2. The smallest absolute Gasteiger partial charge is 0.339 e. The summed E-state index contributed by atoms with van der Waals surface area (Å²) in [6.07, 6.45) is 7.75. The average Bonchev–Trinajstić information content (AvgIpc) is 2.60. The van der Waals surface area contributed by atoms with Gasteiger partial charge in [-0.3, -0.25) is 4.79 Å². The zero-order chi connectivity index (χ0) is 17.9. The molecular weight excluding hydrogens is 326 g/mol. The van der Waals surface area contributed by atoms with Crippen LogP contribution in [0.3, 0.4) is 0 Å². The van der Waals surface area contributed by atoms with Crippen molar-refractivity contribution in [3.63, 3.8) is 0 Å². The Morgan fingerprint density at radius 1 is 1.12 bits per heavy atom. The quantitative estimate of drug-likeness (QED) is 0.847. The Balaban J connectivity index is 1.30. The van der Waals surface area contributed by atoms with Crippen LogP contribution in [-0.4, -0.2) is 24.0 Å². The van der Waals surface area contributed by atoms with E-state index in [1.54, 1.807) is 6.07 Å². The molecule has 6 rings (SSSR count). The number of hydrogen-bond acceptors (Lipinski definition) is 3. The first-order valence-electron chi connectivity index (χ1n) is 10.1. The molecule has 1 aromatic carbocycles. The number of hydrogen-bond donors (Lipinski definition) is 1. The predicted octanol–water partition coefficient (Wildman–Crippen LogP) is 3.49. The van der Waals surface area contributed by atoms with Gasteiger partial charge in [0.05, 0.1) is 5.56 Å². The van der Waals surface area contributed by atoms with Gasteiger partial charge in [-0.25, -0.2) is 4.79 Å². The molecule has 4 heteroatoms. The summed E-state index contributed by atoms with van der Waals surface area (Å²) in [5, 5.41) is 3.24. The summed E-state index contributed by atoms with van der Waals surface area (Å²) in [5.41, 5.74) is 1.76. The van der Waals surface area contributed by atoms with Crippen molar-refractivity contribution in [2.75, 3.05) is 0 Å². The first kappa shape index (κ1) is 16.3. The predicted molar refractivity (Wildman–Crippen MR) is 97.6 cm³/mol. The fraction of sp³-hybridized carbons (Fsp3) is 0.636. The van der Waals surface area contributed by atoms with E-state index in [9.17, 15) is 9.59 Å². The first-order chi connectivity index (χ1) is 12.5. The number of benzene rings is 1. The van der Waals surface area contributed by atoms with Crippen LogP contribution in [0.4, 0.5) is 0 Å². The van der Waals surface area contributed by atoms with Crippen molar-refractivity contribution in [2.45, 2.75) is 64.0 Å². The topological polar surface area (TPSA) is 55.4 Å². The summed E-state index contributed by atoms with van der Waals surface area (Å²) in [4.78, 5) is 25.1. The normalized spacial score (nSPS) is 38.4. The fourth-order valence-electron chi connectivity index (χ4n) is 6.65. The van der Waals surface area contributed by atoms with E-state index in [4.69, 9.17) is 4.74 Å². The largest absolute Gasteiger partial charge is 0.448 e. The van der Waals surface area contributed by atoms with Crippen molar-refractivity contribution in [1.82, 2.24) is 5.32 Å². The Morgan fingerprint density at radius 2 is 1.73 bits per heavy atom. The summed E-state index contributed by atoms with van der Waals surface area (Å²) in [6, 6.07) is 7.57. The molecule has 4 nitrogen and oxygen atoms in total. The summed E-state index contributed by atoms with van der Waals surface area (Å²) >= 11 is 0. The number of rotatable bonds is 3. The van der Waals surface area contributed by atoms with Crippen molar-refractivity contribution >= 4 is 11.9 Å². The average molecular weight is 353 g/mol. The minimum Gasteiger partial charge on any atom is -0.448 e. The highest BCUT2D eigenvalue weighted by atomic mass is 16.5. The standard InChI is InChI=1S/C22H27NO3/c1-13(22-10-14-6-15(11-22)8-16(7-14)12-22)23-20(24)19-9-17-4-2-3-5-18(17)21(25)26-19/h2-5,13-16,19H,6-12H2,1H3,(H,23,24)/t13-,14?,15?,16?,19-,22?/m1/s1. The monoisotopic (exact) mass is 353 g/mol. The minimum absolute atomic E-state index is 0.129. The lowest BCUT2D eigenvalue weighted by molar-refractivity contribution is -0.134. The van der Waals surface area contributed by atoms with Gasteiger partial charge in [0, 0.05) is 12.5 Å². The Labute approximate surface area is 154 Å². The lowest BCUT2D eigenvalue weighted by Gasteiger charge is -2.59. The van der Waals surface area contributed by atoms with Crippen molar-refractivity contribution in [3.8, 4) is 0 Å². The molecule has 4 aliphatic carbocycles. The number of carbonyl (C=O) groups is 2. The van der Waals surface area contributed by atoms with Crippen LogP contribution in [0.15, 0.2) is 24.3 Å². The van der Waals surface area contributed by atoms with Crippen LogP contribution in [0.1, 0.15) is 61.4 Å². The van der Waals surface area contributed by atoms with E-state index < -0.39 is 6.10 Å². The molecule has 0 aromatic heterocycles. The van der Waals surface area contributed by atoms with Gasteiger partial charge in [0.1, 0.15) is 0 Å². The van der Waals surface area contributed by atoms with E-state index in [2.05, 4.69) is 12.2 Å². The molecule has 1 amide bonds. The molecule has 0 saturated heterocycles. The van der Waals surface area contributed by atoms with E-state index >= 15 is 0 Å². The highest BCUT2D eigenvalue weighted by molar-refractivity contribution is 5.95. The number of carbonyl (C=O) groups excluding carboxylic acids is 2. The zero-order valence-electron chi connectivity index (χ0n) is 15.4. The molecule has 26 heavy (non-hydrogen) atoms. The van der Waals surface area contributed by atoms with Gasteiger partial charge >= 0.3 is 5.97 Å². The van der Waals surface area contributed by atoms with Crippen LogP contribution in [0, 0.1) is 23.2 Å². The molecule has 1 aliphatic heterocycles. The molecule has 0 spiro atoms. The Hall–Kier alpha value is -1.84. The second-order valence-corrected chi connectivity index (χ2v) is 9.27. The molecule has 0 radical (unpaired) electrons. The van der Waals surface area contributed by atoms with Gasteiger partial charge in [0.15, 0.2) is 6.10 Å².